The van der Waals surface area contributed by atoms with E-state index in [-0.39, 0.29) is 0 Å². The Kier molecular flexibility index (Phi) is 4.53. The molecular formula is C11H19O2P. The topological polar surface area (TPSA) is 40.5 Å². The van der Waals surface area contributed by atoms with Crippen LogP contribution < -0.4 is 5.30 Å². The van der Waals surface area contributed by atoms with Crippen molar-refractivity contribution in [1.82, 2.24) is 0 Å². The first kappa shape index (κ1) is 11.6. The van der Waals surface area contributed by atoms with Crippen molar-refractivity contribution in [3.8, 4) is 0 Å². The summed E-state index contributed by atoms with van der Waals surface area (Å²) in [6, 6.07) is 9.20. The summed E-state index contributed by atoms with van der Waals surface area (Å²) in [6.45, 7) is 2.11. The second-order valence-corrected chi connectivity index (χ2v) is 6.35. The van der Waals surface area contributed by atoms with E-state index < -0.39 is 7.72 Å². The van der Waals surface area contributed by atoms with Crippen molar-refractivity contribution in [3.63, 3.8) is 0 Å². The zero-order valence-electron chi connectivity index (χ0n) is 8.61. The van der Waals surface area contributed by atoms with E-state index in [1.165, 1.54) is 0 Å². The molecule has 0 aliphatic carbocycles. The van der Waals surface area contributed by atoms with E-state index in [1.807, 2.05) is 18.2 Å². The van der Waals surface area contributed by atoms with Gasteiger partial charge in [0.2, 0.25) is 0 Å². The molecule has 1 aromatic carbocycles. The molecule has 0 fully saturated rings. The molecular weight excluding hydrogens is 195 g/mol. The van der Waals surface area contributed by atoms with E-state index in [2.05, 4.69) is 6.92 Å². The quantitative estimate of drug-likeness (QED) is 0.582. The molecule has 0 spiro atoms. The molecule has 3 heteroatoms. The Morgan fingerprint density at radius 1 is 1.07 bits per heavy atom. The van der Waals surface area contributed by atoms with Crippen molar-refractivity contribution in [2.45, 2.75) is 26.2 Å². The van der Waals surface area contributed by atoms with Gasteiger partial charge in [0.05, 0.1) is 0 Å². The molecule has 2 nitrogen and oxygen atoms in total. The molecule has 0 heterocycles. The molecule has 0 aromatic heterocycles. The van der Waals surface area contributed by atoms with Crippen LogP contribution in [-0.4, -0.2) is 15.9 Å². The fourth-order valence-corrected chi connectivity index (χ4v) is 3.23. The van der Waals surface area contributed by atoms with Crippen LogP contribution in [0.25, 0.3) is 0 Å². The molecule has 0 aliphatic rings. The average molecular weight is 214 g/mol. The van der Waals surface area contributed by atoms with Crippen molar-refractivity contribution < 1.29 is 9.79 Å². The van der Waals surface area contributed by atoms with Crippen molar-refractivity contribution in [1.29, 1.82) is 0 Å². The first-order chi connectivity index (χ1) is 6.67. The third-order valence-corrected chi connectivity index (χ3v) is 4.67. The van der Waals surface area contributed by atoms with E-state index in [0.29, 0.717) is 6.16 Å². The van der Waals surface area contributed by atoms with Crippen molar-refractivity contribution in [3.05, 3.63) is 30.3 Å². The molecule has 1 rings (SSSR count). The Bertz CT molecular complexity index is 259. The minimum atomic E-state index is -3.12. The Morgan fingerprint density at radius 2 is 1.71 bits per heavy atom. The monoisotopic (exact) mass is 214 g/mol. The minimum absolute atomic E-state index is 0.546. The summed E-state index contributed by atoms with van der Waals surface area (Å²) in [5.41, 5.74) is 0. The van der Waals surface area contributed by atoms with Gasteiger partial charge in [0.15, 0.2) is 0 Å². The second kappa shape index (κ2) is 5.45. The van der Waals surface area contributed by atoms with Crippen LogP contribution in [0.2, 0.25) is 0 Å². The average Bonchev–Trinajstić information content (AvgIpc) is 2.19. The number of hydrogen-bond acceptors (Lipinski definition) is 2. The molecule has 0 unspecified atom stereocenters. The van der Waals surface area contributed by atoms with E-state index in [0.717, 1.165) is 24.6 Å². The molecule has 1 aromatic rings. The maximum atomic E-state index is 9.91. The van der Waals surface area contributed by atoms with Gasteiger partial charge in [0, 0.05) is 0 Å². The molecule has 14 heavy (non-hydrogen) atoms. The summed E-state index contributed by atoms with van der Waals surface area (Å²) in [5, 5.41) is 0.719. The third kappa shape index (κ3) is 3.38. The van der Waals surface area contributed by atoms with Crippen molar-refractivity contribution in [2.24, 2.45) is 0 Å². The van der Waals surface area contributed by atoms with Crippen molar-refractivity contribution in [2.75, 3.05) is 6.16 Å². The summed E-state index contributed by atoms with van der Waals surface area (Å²) in [5.74, 6) is 0. The molecule has 0 saturated heterocycles. The number of rotatable bonds is 5. The van der Waals surface area contributed by atoms with Gasteiger partial charge in [0.25, 0.3) is 0 Å². The standard InChI is InChI=1S/C11H19O2P/c1-2-3-7-10-14(12,13)11-8-5-4-6-9-11/h4-6,8-9,12-14H,2-3,7,10H2,1H3. The van der Waals surface area contributed by atoms with E-state index in [4.69, 9.17) is 0 Å². The van der Waals surface area contributed by atoms with Crippen LogP contribution in [0.4, 0.5) is 0 Å². The second-order valence-electron chi connectivity index (χ2n) is 3.64. The third-order valence-electron chi connectivity index (χ3n) is 2.37. The Hall–Kier alpha value is -0.430. The van der Waals surface area contributed by atoms with Gasteiger partial charge < -0.3 is 0 Å². The van der Waals surface area contributed by atoms with Gasteiger partial charge in [-0.05, 0) is 0 Å². The van der Waals surface area contributed by atoms with E-state index in [9.17, 15) is 9.79 Å². The number of benzene rings is 1. The van der Waals surface area contributed by atoms with Crippen LogP contribution in [0, 0.1) is 0 Å². The van der Waals surface area contributed by atoms with Crippen LogP contribution in [0.15, 0.2) is 30.3 Å². The van der Waals surface area contributed by atoms with Crippen molar-refractivity contribution >= 4 is 13.0 Å². The maximum absolute atomic E-state index is 9.91. The van der Waals surface area contributed by atoms with Gasteiger partial charge in [-0.15, -0.1) is 0 Å². The zero-order chi connectivity index (χ0) is 10.4. The molecule has 0 bridgehead atoms. The predicted molar refractivity (Wildman–Crippen MR) is 63.2 cm³/mol. The first-order valence-corrected chi connectivity index (χ1v) is 7.27. The van der Waals surface area contributed by atoms with Gasteiger partial charge in [-0.2, -0.15) is 0 Å². The molecule has 0 saturated carbocycles. The fraction of sp³-hybridized carbons (Fsp3) is 0.455. The zero-order valence-corrected chi connectivity index (χ0v) is 9.61. The van der Waals surface area contributed by atoms with Gasteiger partial charge in [-0.1, -0.05) is 0 Å². The van der Waals surface area contributed by atoms with Crippen LogP contribution in [0.3, 0.4) is 0 Å². The van der Waals surface area contributed by atoms with Crippen LogP contribution >= 0.6 is 7.72 Å². The summed E-state index contributed by atoms with van der Waals surface area (Å²) < 4.78 is 0. The molecule has 2 N–H and O–H groups in total. The Balaban J connectivity index is 2.56. The van der Waals surface area contributed by atoms with E-state index in [1.54, 1.807) is 12.1 Å². The predicted octanol–water partition coefficient (Wildman–Crippen LogP) is 2.07. The van der Waals surface area contributed by atoms with Crippen LogP contribution in [0.5, 0.6) is 0 Å². The molecule has 0 aliphatic heterocycles. The summed E-state index contributed by atoms with van der Waals surface area (Å²) >= 11 is 0. The summed E-state index contributed by atoms with van der Waals surface area (Å²) in [7, 11) is -3.12. The van der Waals surface area contributed by atoms with E-state index >= 15 is 0 Å². The molecule has 80 valence electrons. The molecule has 0 atom stereocenters. The molecule has 0 radical (unpaired) electrons. The van der Waals surface area contributed by atoms with Gasteiger partial charge in [0.1, 0.15) is 0 Å². The normalized spacial score (nSPS) is 12.8. The SMILES string of the molecule is CCCCC[PH](O)(O)c1ccccc1. The van der Waals surface area contributed by atoms with Gasteiger partial charge in [-0.25, -0.2) is 0 Å². The molecule has 0 amide bonds. The Labute approximate surface area is 86.1 Å². The summed E-state index contributed by atoms with van der Waals surface area (Å²) in [6.07, 6.45) is 3.64. The Morgan fingerprint density at radius 3 is 2.29 bits per heavy atom. The summed E-state index contributed by atoms with van der Waals surface area (Å²) in [4.78, 5) is 19.8. The number of hydrogen-bond donors (Lipinski definition) is 2. The van der Waals surface area contributed by atoms with Crippen LogP contribution in [-0.2, 0) is 0 Å². The first-order valence-electron chi connectivity index (χ1n) is 5.17. The fourth-order valence-electron chi connectivity index (χ4n) is 1.47. The number of unbranched alkanes of at least 4 members (excludes halogenated alkanes) is 2. The van der Waals surface area contributed by atoms with Crippen LogP contribution in [0.1, 0.15) is 26.2 Å². The van der Waals surface area contributed by atoms with Gasteiger partial charge >= 0.3 is 85.5 Å². The van der Waals surface area contributed by atoms with Gasteiger partial charge in [-0.3, -0.25) is 0 Å².